The van der Waals surface area contributed by atoms with Crippen molar-refractivity contribution in [2.24, 2.45) is 0 Å². The number of carbonyl (C=O) groups is 1. The third kappa shape index (κ3) is 4.05. The molecule has 0 N–H and O–H groups in total. The van der Waals surface area contributed by atoms with Crippen LogP contribution in [-0.4, -0.2) is 42.7 Å². The summed E-state index contributed by atoms with van der Waals surface area (Å²) in [5, 5.41) is 0. The van der Waals surface area contributed by atoms with Gasteiger partial charge in [-0.15, -0.1) is 0 Å². The minimum atomic E-state index is -2.62. The van der Waals surface area contributed by atoms with Crippen LogP contribution < -0.4 is 0 Å². The fourth-order valence-corrected chi connectivity index (χ4v) is 3.60. The second-order valence-corrected chi connectivity index (χ2v) is 6.69. The maximum absolute atomic E-state index is 10.8. The highest BCUT2D eigenvalue weighted by Gasteiger charge is 2.44. The lowest BCUT2D eigenvalue weighted by Crippen LogP contribution is -2.47. The molecule has 1 unspecified atom stereocenters. The summed E-state index contributed by atoms with van der Waals surface area (Å²) in [5.74, 6) is -0.424. The molecule has 0 bridgehead atoms. The highest BCUT2D eigenvalue weighted by atomic mass is 28.4. The largest absolute Gasteiger partial charge is 0.503 e. The van der Waals surface area contributed by atoms with E-state index < -0.39 is 14.8 Å². The minimum absolute atomic E-state index is 0.0603. The summed E-state index contributed by atoms with van der Waals surface area (Å²) in [6, 6.07) is 0. The molecule has 0 saturated heterocycles. The molecule has 0 fully saturated rings. The lowest BCUT2D eigenvalue weighted by atomic mass is 10.3. The Morgan fingerprint density at radius 3 is 2.19 bits per heavy atom. The first kappa shape index (κ1) is 15.3. The fraction of sp³-hybridized carbons (Fsp3) is 0.700. The van der Waals surface area contributed by atoms with Gasteiger partial charge >= 0.3 is 14.8 Å². The molecule has 0 heterocycles. The summed E-state index contributed by atoms with van der Waals surface area (Å²) >= 11 is 0. The first-order valence-electron chi connectivity index (χ1n) is 5.01. The Morgan fingerprint density at radius 2 is 1.81 bits per heavy atom. The topological polar surface area (TPSA) is 54.0 Å². The lowest BCUT2D eigenvalue weighted by molar-refractivity contribution is -0.137. The molecule has 94 valence electrons. The molecule has 0 aromatic heterocycles. The van der Waals surface area contributed by atoms with Gasteiger partial charge in [0.2, 0.25) is 0 Å². The van der Waals surface area contributed by atoms with Crippen molar-refractivity contribution in [1.29, 1.82) is 0 Å². The summed E-state index contributed by atoms with van der Waals surface area (Å²) in [4.78, 5) is 10.8. The summed E-state index contributed by atoms with van der Waals surface area (Å²) in [6.45, 7) is 5.57. The molecule has 0 amide bonds. The Kier molecular flexibility index (Phi) is 7.23. The predicted octanol–water partition coefficient (Wildman–Crippen LogP) is 1.37. The van der Waals surface area contributed by atoms with Gasteiger partial charge in [-0.25, -0.2) is 4.79 Å². The number of carbonyl (C=O) groups excluding carboxylic acids is 1. The van der Waals surface area contributed by atoms with Crippen LogP contribution in [-0.2, 0) is 22.8 Å². The Morgan fingerprint density at radius 1 is 1.31 bits per heavy atom. The molecule has 0 spiro atoms. The lowest BCUT2D eigenvalue weighted by Gasteiger charge is -2.29. The molecule has 0 aliphatic carbocycles. The second kappa shape index (κ2) is 7.56. The molecule has 0 aliphatic heterocycles. The summed E-state index contributed by atoms with van der Waals surface area (Å²) in [7, 11) is 2.06. The SMILES string of the molecule is C=CC(=O)OCCC(C)[Si](OC)(OC)OC. The van der Waals surface area contributed by atoms with Gasteiger partial charge in [0, 0.05) is 32.9 Å². The third-order valence-electron chi connectivity index (χ3n) is 2.42. The van der Waals surface area contributed by atoms with E-state index in [9.17, 15) is 4.79 Å². The summed E-state index contributed by atoms with van der Waals surface area (Å²) < 4.78 is 20.8. The Bertz CT molecular complexity index is 219. The van der Waals surface area contributed by atoms with Crippen LogP contribution in [0.1, 0.15) is 13.3 Å². The summed E-state index contributed by atoms with van der Waals surface area (Å²) in [6.07, 6.45) is 1.76. The Hall–Kier alpha value is -0.693. The van der Waals surface area contributed by atoms with Crippen molar-refractivity contribution in [3.63, 3.8) is 0 Å². The van der Waals surface area contributed by atoms with Crippen LogP contribution in [0.4, 0.5) is 0 Å². The van der Waals surface area contributed by atoms with Crippen LogP contribution in [0.25, 0.3) is 0 Å². The van der Waals surface area contributed by atoms with Crippen LogP contribution in [0.3, 0.4) is 0 Å². The standard InChI is InChI=1S/C10H20O5Si/c1-6-10(11)15-8-7-9(2)16(12-3,13-4)14-5/h6,9H,1,7-8H2,2-5H3. The van der Waals surface area contributed by atoms with Crippen molar-refractivity contribution in [2.75, 3.05) is 27.9 Å². The molecule has 0 aromatic rings. The van der Waals surface area contributed by atoms with E-state index in [1.807, 2.05) is 6.92 Å². The Balaban J connectivity index is 4.16. The van der Waals surface area contributed by atoms with Crippen molar-refractivity contribution >= 4 is 14.8 Å². The number of rotatable bonds is 8. The molecule has 1 atom stereocenters. The van der Waals surface area contributed by atoms with Crippen molar-refractivity contribution < 1.29 is 22.8 Å². The van der Waals surface area contributed by atoms with Crippen molar-refractivity contribution in [3.05, 3.63) is 12.7 Å². The zero-order valence-electron chi connectivity index (χ0n) is 10.3. The number of hydrogen-bond acceptors (Lipinski definition) is 5. The maximum Gasteiger partial charge on any atom is 0.503 e. The zero-order chi connectivity index (χ0) is 12.6. The van der Waals surface area contributed by atoms with Crippen LogP contribution in [0.5, 0.6) is 0 Å². The van der Waals surface area contributed by atoms with Crippen molar-refractivity contribution in [3.8, 4) is 0 Å². The first-order chi connectivity index (χ1) is 7.56. The third-order valence-corrected chi connectivity index (χ3v) is 5.62. The first-order valence-corrected chi connectivity index (χ1v) is 6.81. The van der Waals surface area contributed by atoms with Crippen molar-refractivity contribution in [2.45, 2.75) is 18.9 Å². The quantitative estimate of drug-likeness (QED) is 0.369. The van der Waals surface area contributed by atoms with Gasteiger partial charge in [0.15, 0.2) is 0 Å². The van der Waals surface area contributed by atoms with E-state index in [4.69, 9.17) is 18.0 Å². The van der Waals surface area contributed by atoms with E-state index in [2.05, 4.69) is 6.58 Å². The molecule has 0 aromatic carbocycles. The molecular formula is C10H20O5Si. The van der Waals surface area contributed by atoms with Crippen LogP contribution in [0, 0.1) is 0 Å². The minimum Gasteiger partial charge on any atom is -0.463 e. The molecule has 16 heavy (non-hydrogen) atoms. The highest BCUT2D eigenvalue weighted by molar-refractivity contribution is 6.62. The average Bonchev–Trinajstić information content (AvgIpc) is 2.31. The van der Waals surface area contributed by atoms with E-state index >= 15 is 0 Å². The number of hydrogen-bond donors (Lipinski definition) is 0. The van der Waals surface area contributed by atoms with E-state index in [1.165, 1.54) is 0 Å². The van der Waals surface area contributed by atoms with Gasteiger partial charge in [-0.1, -0.05) is 13.5 Å². The van der Waals surface area contributed by atoms with Gasteiger partial charge in [-0.05, 0) is 6.42 Å². The van der Waals surface area contributed by atoms with Gasteiger partial charge in [-0.2, -0.15) is 0 Å². The Labute approximate surface area is 97.7 Å². The van der Waals surface area contributed by atoms with Crippen LogP contribution in [0.2, 0.25) is 5.54 Å². The normalized spacial score (nSPS) is 13.2. The van der Waals surface area contributed by atoms with Gasteiger partial charge in [0.05, 0.1) is 6.61 Å². The van der Waals surface area contributed by atoms with Crippen LogP contribution >= 0.6 is 0 Å². The molecule has 0 aliphatic rings. The van der Waals surface area contributed by atoms with Crippen molar-refractivity contribution in [1.82, 2.24) is 0 Å². The smallest absolute Gasteiger partial charge is 0.463 e. The molecular weight excluding hydrogens is 228 g/mol. The fourth-order valence-electron chi connectivity index (χ4n) is 1.43. The van der Waals surface area contributed by atoms with Crippen LogP contribution in [0.15, 0.2) is 12.7 Å². The molecule has 0 rings (SSSR count). The molecule has 5 nitrogen and oxygen atoms in total. The molecule has 0 saturated carbocycles. The van der Waals surface area contributed by atoms with E-state index in [1.54, 1.807) is 21.3 Å². The van der Waals surface area contributed by atoms with Gasteiger partial charge in [0.25, 0.3) is 0 Å². The number of esters is 1. The summed E-state index contributed by atoms with van der Waals surface area (Å²) in [5.41, 5.74) is 0.0603. The average molecular weight is 248 g/mol. The highest BCUT2D eigenvalue weighted by Crippen LogP contribution is 2.26. The predicted molar refractivity (Wildman–Crippen MR) is 62.0 cm³/mol. The molecule has 0 radical (unpaired) electrons. The molecule has 6 heteroatoms. The maximum atomic E-state index is 10.8. The van der Waals surface area contributed by atoms with Gasteiger partial charge < -0.3 is 18.0 Å². The monoisotopic (exact) mass is 248 g/mol. The van der Waals surface area contributed by atoms with Gasteiger partial charge in [-0.3, -0.25) is 0 Å². The second-order valence-electron chi connectivity index (χ2n) is 3.28. The van der Waals surface area contributed by atoms with Gasteiger partial charge in [0.1, 0.15) is 0 Å². The zero-order valence-corrected chi connectivity index (χ0v) is 11.3. The van der Waals surface area contributed by atoms with E-state index in [0.717, 1.165) is 6.08 Å². The van der Waals surface area contributed by atoms with E-state index in [0.29, 0.717) is 13.0 Å². The number of ether oxygens (including phenoxy) is 1. The van der Waals surface area contributed by atoms with E-state index in [-0.39, 0.29) is 5.54 Å².